The number of ether oxygens (including phenoxy) is 2. The van der Waals surface area contributed by atoms with Crippen LogP contribution < -0.4 is 20.1 Å². The number of aromatic nitrogens is 2. The van der Waals surface area contributed by atoms with Crippen LogP contribution in [0.25, 0.3) is 0 Å². The molecule has 1 aromatic heterocycles. The Balaban J connectivity index is 1.82. The molecule has 19 heavy (non-hydrogen) atoms. The van der Waals surface area contributed by atoms with Gasteiger partial charge < -0.3 is 20.1 Å². The van der Waals surface area contributed by atoms with Crippen molar-refractivity contribution in [3.05, 3.63) is 30.6 Å². The summed E-state index contributed by atoms with van der Waals surface area (Å²) in [6.07, 6.45) is 1.51. The molecule has 0 atom stereocenters. The number of hydrogen-bond acceptors (Lipinski definition) is 6. The largest absolute Gasteiger partial charge is 0.486 e. The van der Waals surface area contributed by atoms with Crippen LogP contribution in [0.3, 0.4) is 0 Å². The molecule has 98 valence electrons. The molecule has 0 amide bonds. The molecule has 6 heteroatoms. The van der Waals surface area contributed by atoms with Gasteiger partial charge in [0.25, 0.3) is 0 Å². The second-order valence-electron chi connectivity index (χ2n) is 4.02. The monoisotopic (exact) mass is 258 g/mol. The highest BCUT2D eigenvalue weighted by molar-refractivity contribution is 5.63. The summed E-state index contributed by atoms with van der Waals surface area (Å²) in [5.41, 5.74) is 0.894. The molecule has 2 N–H and O–H groups in total. The van der Waals surface area contributed by atoms with E-state index in [1.165, 1.54) is 6.33 Å². The van der Waals surface area contributed by atoms with Gasteiger partial charge in [0.15, 0.2) is 11.5 Å². The standard InChI is InChI=1S/C13H14N4O2/c1-14-12-7-13(16-8-15-12)17-9-2-3-10-11(6-9)19-5-4-18-10/h2-3,6-8H,4-5H2,1H3,(H2,14,15,16,17). The predicted octanol–water partition coefficient (Wildman–Crippen LogP) is 2.03. The lowest BCUT2D eigenvalue weighted by atomic mass is 10.2. The summed E-state index contributed by atoms with van der Waals surface area (Å²) in [6, 6.07) is 7.54. The van der Waals surface area contributed by atoms with E-state index in [0.29, 0.717) is 13.2 Å². The molecule has 1 aliphatic heterocycles. The summed E-state index contributed by atoms with van der Waals surface area (Å²) in [7, 11) is 1.82. The molecule has 1 aliphatic rings. The highest BCUT2D eigenvalue weighted by atomic mass is 16.6. The molecule has 0 unspecified atom stereocenters. The van der Waals surface area contributed by atoms with Crippen molar-refractivity contribution in [2.45, 2.75) is 0 Å². The molecule has 6 nitrogen and oxygen atoms in total. The van der Waals surface area contributed by atoms with Gasteiger partial charge in [0.1, 0.15) is 31.2 Å². The van der Waals surface area contributed by atoms with Gasteiger partial charge in [0.05, 0.1) is 0 Å². The van der Waals surface area contributed by atoms with E-state index in [1.807, 2.05) is 31.3 Å². The summed E-state index contributed by atoms with van der Waals surface area (Å²) < 4.78 is 11.0. The minimum Gasteiger partial charge on any atom is -0.486 e. The first-order valence-corrected chi connectivity index (χ1v) is 6.01. The van der Waals surface area contributed by atoms with Gasteiger partial charge in [-0.2, -0.15) is 0 Å². The first kappa shape index (κ1) is 11.6. The van der Waals surface area contributed by atoms with Gasteiger partial charge in [-0.05, 0) is 12.1 Å². The van der Waals surface area contributed by atoms with Crippen molar-refractivity contribution < 1.29 is 9.47 Å². The van der Waals surface area contributed by atoms with E-state index in [9.17, 15) is 0 Å². The summed E-state index contributed by atoms with van der Waals surface area (Å²) in [5.74, 6) is 3.00. The lowest BCUT2D eigenvalue weighted by Crippen LogP contribution is -2.15. The molecular weight excluding hydrogens is 244 g/mol. The van der Waals surface area contributed by atoms with E-state index >= 15 is 0 Å². The van der Waals surface area contributed by atoms with Crippen molar-refractivity contribution in [3.8, 4) is 11.5 Å². The van der Waals surface area contributed by atoms with Crippen molar-refractivity contribution in [1.82, 2.24) is 9.97 Å². The third-order valence-electron chi connectivity index (χ3n) is 2.74. The van der Waals surface area contributed by atoms with Crippen LogP contribution in [0.15, 0.2) is 30.6 Å². The molecule has 1 aromatic carbocycles. The SMILES string of the molecule is CNc1cc(Nc2ccc3c(c2)OCCO3)ncn1. The highest BCUT2D eigenvalue weighted by Crippen LogP contribution is 2.33. The van der Waals surface area contributed by atoms with Crippen LogP contribution >= 0.6 is 0 Å². The zero-order valence-electron chi connectivity index (χ0n) is 10.5. The van der Waals surface area contributed by atoms with Crippen LogP contribution in [0.2, 0.25) is 0 Å². The number of benzene rings is 1. The molecule has 0 bridgehead atoms. The number of nitrogens with zero attached hydrogens (tertiary/aromatic N) is 2. The van der Waals surface area contributed by atoms with Gasteiger partial charge in [0, 0.05) is 24.9 Å². The molecule has 0 fully saturated rings. The van der Waals surface area contributed by atoms with Gasteiger partial charge in [-0.3, -0.25) is 0 Å². The van der Waals surface area contributed by atoms with E-state index in [1.54, 1.807) is 0 Å². The van der Waals surface area contributed by atoms with E-state index in [2.05, 4.69) is 20.6 Å². The van der Waals surface area contributed by atoms with Crippen molar-refractivity contribution in [1.29, 1.82) is 0 Å². The number of anilines is 3. The minimum atomic E-state index is 0.577. The Morgan fingerprint density at radius 2 is 1.79 bits per heavy atom. The van der Waals surface area contributed by atoms with Crippen molar-refractivity contribution >= 4 is 17.3 Å². The second kappa shape index (κ2) is 5.01. The normalized spacial score (nSPS) is 12.9. The summed E-state index contributed by atoms with van der Waals surface area (Å²) >= 11 is 0. The summed E-state index contributed by atoms with van der Waals surface area (Å²) in [5, 5.41) is 6.17. The van der Waals surface area contributed by atoms with Crippen molar-refractivity contribution in [2.24, 2.45) is 0 Å². The Labute approximate surface area is 110 Å². The fraction of sp³-hybridized carbons (Fsp3) is 0.231. The molecule has 0 aliphatic carbocycles. The second-order valence-corrected chi connectivity index (χ2v) is 4.02. The fourth-order valence-corrected chi connectivity index (χ4v) is 1.83. The Morgan fingerprint density at radius 3 is 2.63 bits per heavy atom. The maximum Gasteiger partial charge on any atom is 0.163 e. The van der Waals surface area contributed by atoms with Gasteiger partial charge in [-0.1, -0.05) is 0 Å². The van der Waals surface area contributed by atoms with Crippen molar-refractivity contribution in [3.63, 3.8) is 0 Å². The quantitative estimate of drug-likeness (QED) is 0.878. The molecule has 0 saturated heterocycles. The van der Waals surface area contributed by atoms with Crippen LogP contribution in [0, 0.1) is 0 Å². The highest BCUT2D eigenvalue weighted by Gasteiger charge is 2.11. The average Bonchev–Trinajstić information content (AvgIpc) is 2.47. The topological polar surface area (TPSA) is 68.3 Å². The van der Waals surface area contributed by atoms with Crippen LogP contribution in [-0.4, -0.2) is 30.2 Å². The Bertz CT molecular complexity index is 589. The molecule has 0 radical (unpaired) electrons. The van der Waals surface area contributed by atoms with Crippen LogP contribution in [0.4, 0.5) is 17.3 Å². The zero-order chi connectivity index (χ0) is 13.1. The van der Waals surface area contributed by atoms with Crippen LogP contribution in [-0.2, 0) is 0 Å². The smallest absolute Gasteiger partial charge is 0.163 e. The first-order chi connectivity index (χ1) is 9.35. The molecule has 2 heterocycles. The summed E-state index contributed by atoms with van der Waals surface area (Å²) in [4.78, 5) is 8.22. The van der Waals surface area contributed by atoms with Gasteiger partial charge in [0.2, 0.25) is 0 Å². The first-order valence-electron chi connectivity index (χ1n) is 6.01. The lowest BCUT2D eigenvalue weighted by Gasteiger charge is -2.19. The molecular formula is C13H14N4O2. The van der Waals surface area contributed by atoms with Gasteiger partial charge in [-0.25, -0.2) is 9.97 Å². The third-order valence-corrected chi connectivity index (χ3v) is 2.74. The lowest BCUT2D eigenvalue weighted by molar-refractivity contribution is 0.171. The Kier molecular flexibility index (Phi) is 3.06. The number of fused-ring (bicyclic) bond motifs is 1. The molecule has 3 rings (SSSR count). The van der Waals surface area contributed by atoms with E-state index < -0.39 is 0 Å². The van der Waals surface area contributed by atoms with E-state index in [-0.39, 0.29) is 0 Å². The average molecular weight is 258 g/mol. The van der Waals surface area contributed by atoms with Crippen LogP contribution in [0.1, 0.15) is 0 Å². The molecule has 2 aromatic rings. The summed E-state index contributed by atoms with van der Waals surface area (Å²) in [6.45, 7) is 1.17. The fourth-order valence-electron chi connectivity index (χ4n) is 1.83. The maximum atomic E-state index is 5.54. The van der Waals surface area contributed by atoms with E-state index in [0.717, 1.165) is 28.8 Å². The minimum absolute atomic E-state index is 0.577. The van der Waals surface area contributed by atoms with Crippen molar-refractivity contribution in [2.75, 3.05) is 30.9 Å². The molecule has 0 saturated carbocycles. The number of nitrogens with one attached hydrogen (secondary N) is 2. The number of rotatable bonds is 3. The predicted molar refractivity (Wildman–Crippen MR) is 72.3 cm³/mol. The van der Waals surface area contributed by atoms with Crippen LogP contribution in [0.5, 0.6) is 11.5 Å². The number of hydrogen-bond donors (Lipinski definition) is 2. The molecule has 0 spiro atoms. The van der Waals surface area contributed by atoms with Gasteiger partial charge >= 0.3 is 0 Å². The maximum absolute atomic E-state index is 5.54. The third kappa shape index (κ3) is 2.52. The van der Waals surface area contributed by atoms with Gasteiger partial charge in [-0.15, -0.1) is 0 Å². The van der Waals surface area contributed by atoms with E-state index in [4.69, 9.17) is 9.47 Å². The zero-order valence-corrected chi connectivity index (χ0v) is 10.5. The Morgan fingerprint density at radius 1 is 1.00 bits per heavy atom. The Hall–Kier alpha value is -2.50.